The van der Waals surface area contributed by atoms with Gasteiger partial charge in [0.1, 0.15) is 0 Å². The Morgan fingerprint density at radius 3 is 0.694 bits per heavy atom. The minimum atomic E-state index is -0.137. The molecule has 10 heterocycles. The van der Waals surface area contributed by atoms with Crippen molar-refractivity contribution in [1.29, 1.82) is 0 Å². The third-order valence-electron chi connectivity index (χ3n) is 22.4. The van der Waals surface area contributed by atoms with Crippen LogP contribution in [0.5, 0.6) is 0 Å². The van der Waals surface area contributed by atoms with Gasteiger partial charge in [0.25, 0.3) is 0 Å². The van der Waals surface area contributed by atoms with Gasteiger partial charge in [0.05, 0.1) is 31.6 Å². The molecule has 10 aromatic rings. The summed E-state index contributed by atoms with van der Waals surface area (Å²) in [6.07, 6.45) is 20.0. The van der Waals surface area contributed by atoms with Crippen molar-refractivity contribution in [2.75, 3.05) is 70.9 Å². The Hall–Kier alpha value is -5.35. The predicted octanol–water partition coefficient (Wildman–Crippen LogP) is 7.20. The van der Waals surface area contributed by atoms with Crippen LogP contribution in [0.25, 0.3) is 0 Å². The van der Waals surface area contributed by atoms with Crippen molar-refractivity contribution < 1.29 is 102 Å². The second kappa shape index (κ2) is 53.3. The molecule has 651 valence electrons. The number of hydrogen-bond acceptors (Lipinski definition) is 25. The molecular formula is C71H112B10N30Pd5Si5-5. The predicted molar refractivity (Wildman–Crippen MR) is 498 cm³/mol. The maximum atomic E-state index is 4.36. The van der Waals surface area contributed by atoms with E-state index in [1.165, 1.54) is 118 Å². The van der Waals surface area contributed by atoms with E-state index in [2.05, 4.69) is 406 Å². The summed E-state index contributed by atoms with van der Waals surface area (Å²) in [6.45, 7) is 43.7. The van der Waals surface area contributed by atoms with E-state index in [4.69, 9.17) is 0 Å². The van der Waals surface area contributed by atoms with E-state index in [-0.39, 0.29) is 186 Å². The Balaban J connectivity index is 0.000000232. The first kappa shape index (κ1) is 104. The standard InChI is InChI=1S/C16H26B2N6Si.C15H24B2N6Si.C14H22B2N6Si.2C13H20B2N6Si.5Pd/c1-4-5-6-10-13-22-17(2)23(15-11-8-7-9-12-15)25-24(18(22)3)16-19-14-20-21-16;1-4-5-9-12-21-16(2)22(14-10-7-6-8-11-14)24-23(17(21)3)15-18-13-19-20-15;1-4-5-11-20-15(2)21(13-9-7-6-8-10-13)23-22(16(20)3)14-17-12-18-19-14;1-11(2)19-14(3)20(12-8-6-5-7-9-12)22-21(15(19)4)13-16-10-17-18-13;1-4-10-19-14(2)20(12-8-6-5-7-9-12)22-21(15(19)3)13-16-11-17-18-13;;;;;/h7-9,11-12,14,25H,4-6,10,13H2,1-3H3;6-8,10-11,13,24H,4-5,9,12H2,1-3H3;6-10,12,23H,4-5,11H2,1-3H3;5-11,22H,1-4H3;5-9,11,22H,4,10H2,1-3H3;;;;;/q5*-1;;;;;. The van der Waals surface area contributed by atoms with Gasteiger partial charge in [0, 0.05) is 160 Å². The maximum Gasteiger partial charge on any atom is 0.320 e. The van der Waals surface area contributed by atoms with Crippen molar-refractivity contribution in [2.45, 2.75) is 180 Å². The van der Waals surface area contributed by atoms with Crippen molar-refractivity contribution in [3.05, 3.63) is 183 Å². The van der Waals surface area contributed by atoms with E-state index in [0.717, 1.165) is 62.3 Å². The summed E-state index contributed by atoms with van der Waals surface area (Å²) < 4.78 is 36.5. The monoisotopic (exact) mass is 2160 g/mol. The van der Waals surface area contributed by atoms with E-state index in [0.29, 0.717) is 41.0 Å². The van der Waals surface area contributed by atoms with Gasteiger partial charge in [-0.25, -0.2) is 25.5 Å². The summed E-state index contributed by atoms with van der Waals surface area (Å²) in [5.74, 6) is 3.68. The molecule has 5 aliphatic heterocycles. The van der Waals surface area contributed by atoms with E-state index >= 15 is 0 Å². The SMILES string of the molecule is CB1N(c2ccccc2)[SiH]N(c2ncn[n-]2)B(C)N1C(C)C.CCCCCCN1B(C)N(c2ccccc2)[SiH]N(c2ncn[n-]2)B1C.CCCCCN1B(C)N(c2ccccc2)[SiH]N(c2ncn[n-]2)B1C.CCCCN1B(C)N(c2ccccc2)[SiH]N(c2ncn[n-]2)B1C.CCCN1B(C)N(c2ccccc2)[SiH]N(c2ncn[n-]2)B1C.[Pd].[Pd].[Pd].[Pd].[Pd]. The number of para-hydroxylation sites is 5. The number of unbranched alkanes of at least 4 members (excludes halogenated alkanes) is 6. The Morgan fingerprint density at radius 1 is 0.256 bits per heavy atom. The molecular weight excluding hydrogens is 2050 g/mol. The second-order valence-corrected chi connectivity index (χ2v) is 36.8. The Labute approximate surface area is 805 Å². The van der Waals surface area contributed by atoms with Crippen molar-refractivity contribution >= 4 is 177 Å². The third-order valence-corrected chi connectivity index (χ3v) is 31.8. The van der Waals surface area contributed by atoms with Gasteiger partial charge in [0.2, 0.25) is 34.9 Å². The Kier molecular flexibility index (Phi) is 46.0. The van der Waals surface area contributed by atoms with Crippen LogP contribution < -0.4 is 70.3 Å². The average molecular weight is 2170 g/mol. The number of benzene rings is 5. The molecule has 5 aromatic carbocycles. The van der Waals surface area contributed by atoms with Gasteiger partial charge in [-0.1, -0.05) is 239 Å². The summed E-state index contributed by atoms with van der Waals surface area (Å²) in [4.78, 5) is 21.7. The van der Waals surface area contributed by atoms with Crippen molar-refractivity contribution in [2.24, 2.45) is 0 Å². The molecule has 0 bridgehead atoms. The van der Waals surface area contributed by atoms with Crippen LogP contribution in [0, 0.1) is 0 Å². The Morgan fingerprint density at radius 2 is 0.463 bits per heavy atom. The number of hydrogen-bond donors (Lipinski definition) is 0. The molecule has 0 N–H and O–H groups in total. The molecule has 5 aromatic heterocycles. The first-order valence-corrected chi connectivity index (χ1v) is 46.8. The largest absolute Gasteiger partial charge is 0.442 e. The molecule has 5 aliphatic rings. The third kappa shape index (κ3) is 27.1. The maximum absolute atomic E-state index is 4.36. The molecule has 0 unspecified atom stereocenters. The van der Waals surface area contributed by atoms with Crippen LogP contribution >= 0.6 is 0 Å². The normalized spacial score (nSPS) is 15.6. The van der Waals surface area contributed by atoms with Crippen LogP contribution in [0.2, 0.25) is 68.2 Å². The zero-order valence-electron chi connectivity index (χ0n) is 72.5. The summed E-state index contributed by atoms with van der Waals surface area (Å²) in [6, 6.07) is 53.5. The number of nitrogens with zero attached hydrogens (tertiary/aromatic N) is 30. The zero-order valence-corrected chi connectivity index (χ0v) is 86.0. The molecule has 0 saturated carbocycles. The van der Waals surface area contributed by atoms with E-state index in [1.807, 2.05) is 0 Å². The second-order valence-electron chi connectivity index (χ2n) is 30.1. The minimum absolute atomic E-state index is 0. The Bertz CT molecular complexity index is 4310. The van der Waals surface area contributed by atoms with Crippen molar-refractivity contribution in [3.63, 3.8) is 0 Å². The van der Waals surface area contributed by atoms with Crippen molar-refractivity contribution in [3.8, 4) is 0 Å². The molecule has 5 saturated heterocycles. The summed E-state index contributed by atoms with van der Waals surface area (Å²) in [7, 11) is -0.648. The quantitative estimate of drug-likeness (QED) is 0.0405. The van der Waals surface area contributed by atoms with Gasteiger partial charge < -0.3 is 93.3 Å². The van der Waals surface area contributed by atoms with Gasteiger partial charge >= 0.3 is 34.9 Å². The van der Waals surface area contributed by atoms with Crippen LogP contribution in [0.15, 0.2) is 183 Å². The molecule has 121 heavy (non-hydrogen) atoms. The van der Waals surface area contributed by atoms with Gasteiger partial charge in [0.15, 0.2) is 49.2 Å². The molecule has 30 nitrogen and oxygen atoms in total. The molecule has 5 radical (unpaired) electrons. The number of aromatic nitrogens is 15. The van der Waals surface area contributed by atoms with Crippen molar-refractivity contribution in [1.82, 2.24) is 99.5 Å². The smallest absolute Gasteiger partial charge is 0.320 e. The van der Waals surface area contributed by atoms with Gasteiger partial charge in [-0.15, -0.1) is 0 Å². The van der Waals surface area contributed by atoms with Gasteiger partial charge in [-0.3, -0.25) is 25.5 Å². The van der Waals surface area contributed by atoms with E-state index in [1.54, 1.807) is 0 Å². The molecule has 0 amide bonds. The van der Waals surface area contributed by atoms with E-state index in [9.17, 15) is 0 Å². The molecule has 50 heteroatoms. The van der Waals surface area contributed by atoms with Crippen LogP contribution in [0.1, 0.15) is 106 Å². The van der Waals surface area contributed by atoms with E-state index < -0.39 is 0 Å². The summed E-state index contributed by atoms with van der Waals surface area (Å²) in [5.41, 5.74) is 6.28. The summed E-state index contributed by atoms with van der Waals surface area (Å²) in [5, 5.41) is 40.5. The first-order valence-electron chi connectivity index (χ1n) is 41.6. The molecule has 0 atom stereocenters. The average Bonchev–Trinajstić information content (AvgIpc) is 1.79. The summed E-state index contributed by atoms with van der Waals surface area (Å²) >= 11 is 0. The minimum Gasteiger partial charge on any atom is -0.442 e. The first-order chi connectivity index (χ1) is 56.5. The van der Waals surface area contributed by atoms with Gasteiger partial charge in [-0.05, 0) is 119 Å². The fourth-order valence-electron chi connectivity index (χ4n) is 16.0. The fraction of sp³-hybridized carbons (Fsp3) is 0.437. The van der Waals surface area contributed by atoms with Crippen LogP contribution in [-0.2, 0) is 102 Å². The number of rotatable bonds is 25. The topological polar surface area (TPSA) is 248 Å². The molecule has 5 fully saturated rings. The van der Waals surface area contributed by atoms with Gasteiger partial charge in [-0.2, -0.15) is 0 Å². The molecule has 0 aliphatic carbocycles. The van der Waals surface area contributed by atoms with Crippen LogP contribution in [0.3, 0.4) is 0 Å². The zero-order chi connectivity index (χ0) is 82.0. The molecule has 0 spiro atoms. The number of anilines is 10. The van der Waals surface area contributed by atoms with Crippen LogP contribution in [0.4, 0.5) is 58.2 Å². The van der Waals surface area contributed by atoms with Crippen LogP contribution in [-0.4, -0.2) is 225 Å². The molecule has 15 rings (SSSR count). The fourth-order valence-corrected chi connectivity index (χ4v) is 23.6.